The number of rotatable bonds is 12. The van der Waals surface area contributed by atoms with Gasteiger partial charge in [-0.05, 0) is 44.1 Å². The summed E-state index contributed by atoms with van der Waals surface area (Å²) in [6, 6.07) is 7.80. The zero-order valence-electron chi connectivity index (χ0n) is 22.7. The van der Waals surface area contributed by atoms with Crippen LogP contribution >= 0.6 is 0 Å². The summed E-state index contributed by atoms with van der Waals surface area (Å²) in [4.78, 5) is 24.5. The summed E-state index contributed by atoms with van der Waals surface area (Å²) in [6.45, 7) is 14.9. The lowest BCUT2D eigenvalue weighted by atomic mass is 10.1. The fraction of sp³-hybridized carbons (Fsp3) is 0.333. The lowest BCUT2D eigenvalue weighted by Gasteiger charge is -2.26. The Kier molecular flexibility index (Phi) is 9.77. The number of allylic oxidation sites excluding steroid dienone is 4. The smallest absolute Gasteiger partial charge is 0.234 e. The molecule has 1 aromatic carbocycles. The van der Waals surface area contributed by atoms with Crippen LogP contribution in [0.4, 0.5) is 5.82 Å². The second-order valence-electron chi connectivity index (χ2n) is 9.65. The number of fused-ring (bicyclic) bond motifs is 1. The van der Waals surface area contributed by atoms with Crippen molar-refractivity contribution in [1.82, 2.24) is 30.4 Å². The van der Waals surface area contributed by atoms with E-state index >= 15 is 0 Å². The zero-order valence-corrected chi connectivity index (χ0v) is 22.7. The van der Waals surface area contributed by atoms with Gasteiger partial charge in [0.05, 0.1) is 31.5 Å². The lowest BCUT2D eigenvalue weighted by molar-refractivity contribution is -0.123. The van der Waals surface area contributed by atoms with Crippen molar-refractivity contribution in [2.75, 3.05) is 38.2 Å². The number of carbonyl (C=O) groups excluding carboxylic acids is 1. The predicted octanol–water partition coefficient (Wildman–Crippen LogP) is 4.35. The van der Waals surface area contributed by atoms with E-state index in [0.717, 1.165) is 46.5 Å². The average Bonchev–Trinajstić information content (AvgIpc) is 3.35. The van der Waals surface area contributed by atoms with E-state index in [9.17, 15) is 4.79 Å². The topological polar surface area (TPSA) is 108 Å². The minimum Gasteiger partial charge on any atom is -0.379 e. The van der Waals surface area contributed by atoms with Crippen molar-refractivity contribution in [2.45, 2.75) is 32.7 Å². The molecule has 0 radical (unpaired) electrons. The van der Waals surface area contributed by atoms with Crippen LogP contribution in [0.5, 0.6) is 0 Å². The molecule has 3 N–H and O–H groups in total. The highest BCUT2D eigenvalue weighted by Gasteiger charge is 2.18. The van der Waals surface area contributed by atoms with Gasteiger partial charge in [0.15, 0.2) is 5.82 Å². The normalized spacial score (nSPS) is 15.6. The number of aromatic nitrogens is 4. The number of H-pyrrole nitrogens is 1. The molecule has 204 valence electrons. The summed E-state index contributed by atoms with van der Waals surface area (Å²) in [6.07, 6.45) is 10.6. The van der Waals surface area contributed by atoms with Crippen LogP contribution < -0.4 is 10.6 Å². The molecular formula is C30H37N7O2. The Balaban J connectivity index is 1.54. The molecule has 1 atom stereocenters. The van der Waals surface area contributed by atoms with Gasteiger partial charge in [0, 0.05) is 47.9 Å². The first kappa shape index (κ1) is 27.9. The van der Waals surface area contributed by atoms with Gasteiger partial charge in [-0.3, -0.25) is 14.8 Å². The maximum Gasteiger partial charge on any atom is 0.234 e. The predicted molar refractivity (Wildman–Crippen MR) is 157 cm³/mol. The first-order valence-electron chi connectivity index (χ1n) is 13.2. The second-order valence-corrected chi connectivity index (χ2v) is 9.65. The van der Waals surface area contributed by atoms with Crippen LogP contribution in [0.3, 0.4) is 0 Å². The van der Waals surface area contributed by atoms with E-state index in [1.165, 1.54) is 0 Å². The summed E-state index contributed by atoms with van der Waals surface area (Å²) < 4.78 is 5.38. The Morgan fingerprint density at radius 2 is 2.03 bits per heavy atom. The number of aromatic amines is 1. The van der Waals surface area contributed by atoms with Gasteiger partial charge in [0.1, 0.15) is 5.82 Å². The van der Waals surface area contributed by atoms with Gasteiger partial charge in [-0.1, -0.05) is 36.9 Å². The van der Waals surface area contributed by atoms with Crippen LogP contribution in [0.2, 0.25) is 0 Å². The number of morpholine rings is 1. The number of nitrogens with one attached hydrogen (secondary N) is 3. The molecule has 39 heavy (non-hydrogen) atoms. The molecule has 1 unspecified atom stereocenters. The van der Waals surface area contributed by atoms with E-state index in [2.05, 4.69) is 38.9 Å². The SMILES string of the molecule is C=C/C=C(\CC(C)NC(=O)CN1CCOCC1)c1nc(N/C(C)=C/c2cn[nH]c2CC=C)c2ccccc2n1. The number of benzene rings is 1. The van der Waals surface area contributed by atoms with Gasteiger partial charge < -0.3 is 15.4 Å². The Bertz CT molecular complexity index is 1370. The fourth-order valence-electron chi connectivity index (χ4n) is 4.57. The van der Waals surface area contributed by atoms with Crippen molar-refractivity contribution in [2.24, 2.45) is 0 Å². The van der Waals surface area contributed by atoms with Crippen molar-refractivity contribution in [1.29, 1.82) is 0 Å². The van der Waals surface area contributed by atoms with Crippen LogP contribution in [-0.2, 0) is 16.0 Å². The van der Waals surface area contributed by atoms with E-state index in [1.54, 1.807) is 12.3 Å². The third-order valence-corrected chi connectivity index (χ3v) is 6.40. The molecule has 1 fully saturated rings. The van der Waals surface area contributed by atoms with Gasteiger partial charge in [0.2, 0.25) is 5.91 Å². The molecule has 0 bridgehead atoms. The molecule has 0 saturated carbocycles. The number of para-hydroxylation sites is 1. The minimum absolute atomic E-state index is 0.0000270. The van der Waals surface area contributed by atoms with Crippen molar-refractivity contribution in [3.05, 3.63) is 84.6 Å². The van der Waals surface area contributed by atoms with Crippen LogP contribution in [-0.4, -0.2) is 69.9 Å². The Hall–Kier alpha value is -4.08. The number of hydrogen-bond acceptors (Lipinski definition) is 7. The third kappa shape index (κ3) is 7.72. The zero-order chi connectivity index (χ0) is 27.6. The van der Waals surface area contributed by atoms with Crippen LogP contribution in [0.15, 0.2) is 67.5 Å². The highest BCUT2D eigenvalue weighted by molar-refractivity contribution is 5.91. The maximum atomic E-state index is 12.7. The van der Waals surface area contributed by atoms with Crippen molar-refractivity contribution in [3.8, 4) is 0 Å². The molecule has 1 amide bonds. The fourth-order valence-corrected chi connectivity index (χ4v) is 4.57. The summed E-state index contributed by atoms with van der Waals surface area (Å²) in [5.74, 6) is 1.30. The van der Waals surface area contributed by atoms with Crippen LogP contribution in [0.1, 0.15) is 37.4 Å². The number of nitrogens with zero attached hydrogens (tertiary/aromatic N) is 4. The molecule has 3 aromatic rings. The molecule has 2 aromatic heterocycles. The van der Waals surface area contributed by atoms with Gasteiger partial charge >= 0.3 is 0 Å². The van der Waals surface area contributed by atoms with E-state index in [1.807, 2.05) is 56.3 Å². The number of hydrogen-bond donors (Lipinski definition) is 3. The van der Waals surface area contributed by atoms with E-state index < -0.39 is 0 Å². The lowest BCUT2D eigenvalue weighted by Crippen LogP contribution is -2.45. The molecule has 4 rings (SSSR count). The standard InChI is InChI=1S/C30H37N7O2/c1-5-9-23(17-21(3)32-28(38)20-37-13-15-39-16-14-37)29-34-27-12-8-7-11-25(27)30(35-29)33-22(4)18-24-19-31-36-26(24)10-6-2/h5-9,11-12,18-19,21H,1-2,10,13-17,20H2,3-4H3,(H,31,36)(H,32,38)(H,33,34,35)/b22-18+,23-9+. The molecule has 1 saturated heterocycles. The van der Waals surface area contributed by atoms with Crippen LogP contribution in [0.25, 0.3) is 22.6 Å². The van der Waals surface area contributed by atoms with E-state index in [-0.39, 0.29) is 11.9 Å². The first-order chi connectivity index (χ1) is 19.0. The minimum atomic E-state index is -0.109. The molecule has 1 aliphatic heterocycles. The van der Waals surface area contributed by atoms with Gasteiger partial charge in [-0.25, -0.2) is 9.97 Å². The van der Waals surface area contributed by atoms with Crippen molar-refractivity contribution >= 4 is 34.3 Å². The summed E-state index contributed by atoms with van der Waals surface area (Å²) in [5, 5.41) is 14.7. The Morgan fingerprint density at radius 3 is 2.79 bits per heavy atom. The molecule has 9 nitrogen and oxygen atoms in total. The van der Waals surface area contributed by atoms with E-state index in [0.29, 0.717) is 44.2 Å². The highest BCUT2D eigenvalue weighted by Crippen LogP contribution is 2.26. The number of amides is 1. The summed E-state index contributed by atoms with van der Waals surface area (Å²) in [5.41, 5.74) is 4.62. The molecule has 1 aliphatic rings. The molecule has 0 spiro atoms. The molecule has 9 heteroatoms. The summed E-state index contributed by atoms with van der Waals surface area (Å²) in [7, 11) is 0. The largest absolute Gasteiger partial charge is 0.379 e. The quantitative estimate of drug-likeness (QED) is 0.237. The maximum absolute atomic E-state index is 12.7. The van der Waals surface area contributed by atoms with Crippen LogP contribution in [0, 0.1) is 0 Å². The first-order valence-corrected chi connectivity index (χ1v) is 13.2. The average molecular weight is 528 g/mol. The van der Waals surface area contributed by atoms with Gasteiger partial charge in [-0.15, -0.1) is 6.58 Å². The Morgan fingerprint density at radius 1 is 1.23 bits per heavy atom. The van der Waals surface area contributed by atoms with Gasteiger partial charge in [0.25, 0.3) is 0 Å². The number of anilines is 1. The molecule has 3 heterocycles. The summed E-state index contributed by atoms with van der Waals surface area (Å²) >= 11 is 0. The van der Waals surface area contributed by atoms with Crippen molar-refractivity contribution in [3.63, 3.8) is 0 Å². The number of carbonyl (C=O) groups is 1. The third-order valence-electron chi connectivity index (χ3n) is 6.40. The van der Waals surface area contributed by atoms with Gasteiger partial charge in [-0.2, -0.15) is 5.10 Å². The van der Waals surface area contributed by atoms with Crippen molar-refractivity contribution < 1.29 is 9.53 Å². The highest BCUT2D eigenvalue weighted by atomic mass is 16.5. The second kappa shape index (κ2) is 13.6. The Labute approximate surface area is 229 Å². The molecule has 0 aliphatic carbocycles. The van der Waals surface area contributed by atoms with E-state index in [4.69, 9.17) is 14.7 Å². The molecular weight excluding hydrogens is 490 g/mol. The monoisotopic (exact) mass is 527 g/mol. The number of ether oxygens (including phenoxy) is 1.